The zero-order chi connectivity index (χ0) is 16.4. The molecule has 3 rings (SSSR count). The molecule has 1 fully saturated rings. The smallest absolute Gasteiger partial charge is 0.161 e. The Labute approximate surface area is 138 Å². The minimum absolute atomic E-state index is 0.172. The average Bonchev–Trinajstić information content (AvgIpc) is 3.38. The van der Waals surface area contributed by atoms with Gasteiger partial charge in [-0.2, -0.15) is 5.26 Å². The van der Waals surface area contributed by atoms with Gasteiger partial charge in [0.25, 0.3) is 0 Å². The normalized spacial score (nSPS) is 15.0. The lowest BCUT2D eigenvalue weighted by Gasteiger charge is -2.26. The number of rotatable bonds is 5. The maximum absolute atomic E-state index is 13.0. The van der Waals surface area contributed by atoms with Gasteiger partial charge in [0, 0.05) is 12.6 Å². The van der Waals surface area contributed by atoms with Crippen LogP contribution in [-0.2, 0) is 0 Å². The van der Waals surface area contributed by atoms with Crippen molar-refractivity contribution < 1.29 is 9.50 Å². The third-order valence-corrected chi connectivity index (χ3v) is 4.15. The van der Waals surface area contributed by atoms with E-state index in [4.69, 9.17) is 16.9 Å². The third kappa shape index (κ3) is 3.61. The topological polar surface area (TPSA) is 60.2 Å². The number of aliphatic hydroxyl groups is 1. The molecule has 1 unspecified atom stereocenters. The van der Waals surface area contributed by atoms with Crippen molar-refractivity contribution in [2.24, 2.45) is 0 Å². The van der Waals surface area contributed by atoms with Crippen molar-refractivity contribution in [3.05, 3.63) is 58.5 Å². The molecule has 0 spiro atoms. The lowest BCUT2D eigenvalue weighted by Crippen LogP contribution is -2.31. The first-order valence-electron chi connectivity index (χ1n) is 7.35. The van der Waals surface area contributed by atoms with Crippen LogP contribution in [-0.4, -0.2) is 22.7 Å². The number of nitriles is 1. The van der Waals surface area contributed by atoms with Crippen molar-refractivity contribution >= 4 is 17.4 Å². The molecule has 23 heavy (non-hydrogen) atoms. The van der Waals surface area contributed by atoms with E-state index in [1.807, 2.05) is 11.0 Å². The van der Waals surface area contributed by atoms with E-state index in [1.54, 1.807) is 24.3 Å². The number of hydrogen-bond donors (Lipinski definition) is 1. The Morgan fingerprint density at radius 3 is 2.61 bits per heavy atom. The van der Waals surface area contributed by atoms with Gasteiger partial charge in [0.15, 0.2) is 5.69 Å². The van der Waals surface area contributed by atoms with E-state index < -0.39 is 6.10 Å². The molecule has 2 aromatic rings. The molecule has 0 saturated heterocycles. The molecule has 6 heteroatoms. The fraction of sp³-hybridized carbons (Fsp3) is 0.294. The van der Waals surface area contributed by atoms with E-state index in [2.05, 4.69) is 4.98 Å². The van der Waals surface area contributed by atoms with Crippen LogP contribution in [0.5, 0.6) is 0 Å². The molecule has 1 aliphatic carbocycles. The summed E-state index contributed by atoms with van der Waals surface area (Å²) >= 11 is 5.92. The van der Waals surface area contributed by atoms with Gasteiger partial charge in [-0.1, -0.05) is 23.7 Å². The van der Waals surface area contributed by atoms with Crippen LogP contribution in [0.15, 0.2) is 36.4 Å². The van der Waals surface area contributed by atoms with Crippen molar-refractivity contribution in [2.45, 2.75) is 25.0 Å². The highest BCUT2D eigenvalue weighted by Gasteiger charge is 2.32. The van der Waals surface area contributed by atoms with Gasteiger partial charge in [0.1, 0.15) is 17.7 Å². The van der Waals surface area contributed by atoms with E-state index in [1.165, 1.54) is 12.1 Å². The quantitative estimate of drug-likeness (QED) is 0.911. The van der Waals surface area contributed by atoms with E-state index in [9.17, 15) is 9.50 Å². The van der Waals surface area contributed by atoms with Crippen molar-refractivity contribution in [3.8, 4) is 6.07 Å². The first-order chi connectivity index (χ1) is 11.1. The summed E-state index contributed by atoms with van der Waals surface area (Å²) in [4.78, 5) is 6.25. The maximum Gasteiger partial charge on any atom is 0.161 e. The number of aromatic nitrogens is 1. The van der Waals surface area contributed by atoms with Crippen LogP contribution in [0.25, 0.3) is 0 Å². The lowest BCUT2D eigenvalue weighted by atomic mass is 10.1. The van der Waals surface area contributed by atoms with Gasteiger partial charge in [-0.05, 0) is 42.7 Å². The fourth-order valence-corrected chi connectivity index (χ4v) is 2.61. The molecule has 0 aliphatic heterocycles. The van der Waals surface area contributed by atoms with Gasteiger partial charge in [-0.25, -0.2) is 9.37 Å². The second-order valence-electron chi connectivity index (χ2n) is 5.56. The first-order valence-corrected chi connectivity index (χ1v) is 7.73. The van der Waals surface area contributed by atoms with Crippen LogP contribution in [0.3, 0.4) is 0 Å². The van der Waals surface area contributed by atoms with Crippen LogP contribution >= 0.6 is 11.6 Å². The summed E-state index contributed by atoms with van der Waals surface area (Å²) in [6.07, 6.45) is 1.27. The van der Waals surface area contributed by atoms with E-state index in [0.29, 0.717) is 29.0 Å². The first kappa shape index (κ1) is 15.7. The molecule has 4 nitrogen and oxygen atoms in total. The Hall–Kier alpha value is -2.16. The van der Waals surface area contributed by atoms with Crippen LogP contribution in [0.2, 0.25) is 5.02 Å². The summed E-state index contributed by atoms with van der Waals surface area (Å²) in [6, 6.07) is 11.5. The molecule has 0 radical (unpaired) electrons. The van der Waals surface area contributed by atoms with Crippen LogP contribution in [0, 0.1) is 17.1 Å². The number of benzene rings is 1. The summed E-state index contributed by atoms with van der Waals surface area (Å²) < 4.78 is 13.0. The molecule has 1 N–H and O–H groups in total. The average molecular weight is 332 g/mol. The standard InChI is InChI=1S/C17H15ClFN3O/c18-14-7-8-17(21-15(14)9-20)22(13-5-6-13)10-16(23)11-1-3-12(19)4-2-11/h1-4,7-8,13,16,23H,5-6,10H2. The van der Waals surface area contributed by atoms with Crippen molar-refractivity contribution in [2.75, 3.05) is 11.4 Å². The molecular weight excluding hydrogens is 317 g/mol. The summed E-state index contributed by atoms with van der Waals surface area (Å²) in [5.41, 5.74) is 0.817. The largest absolute Gasteiger partial charge is 0.387 e. The van der Waals surface area contributed by atoms with Gasteiger partial charge < -0.3 is 10.0 Å². The minimum atomic E-state index is -0.765. The highest BCUT2D eigenvalue weighted by molar-refractivity contribution is 6.31. The van der Waals surface area contributed by atoms with Gasteiger partial charge in [0.05, 0.1) is 11.1 Å². The minimum Gasteiger partial charge on any atom is -0.387 e. The number of anilines is 1. The van der Waals surface area contributed by atoms with Gasteiger partial charge >= 0.3 is 0 Å². The molecule has 1 aromatic heterocycles. The predicted octanol–water partition coefficient (Wildman–Crippen LogP) is 3.45. The molecule has 1 saturated carbocycles. The van der Waals surface area contributed by atoms with Crippen LogP contribution in [0.4, 0.5) is 10.2 Å². The zero-order valence-electron chi connectivity index (χ0n) is 12.3. The zero-order valence-corrected chi connectivity index (χ0v) is 13.0. The second-order valence-corrected chi connectivity index (χ2v) is 5.97. The summed E-state index contributed by atoms with van der Waals surface area (Å²) in [6.45, 7) is 0.329. The Kier molecular flexibility index (Phi) is 4.46. The van der Waals surface area contributed by atoms with Crippen molar-refractivity contribution in [1.82, 2.24) is 4.98 Å². The van der Waals surface area contributed by atoms with Crippen molar-refractivity contribution in [3.63, 3.8) is 0 Å². The number of nitrogens with zero attached hydrogens (tertiary/aromatic N) is 3. The lowest BCUT2D eigenvalue weighted by molar-refractivity contribution is 0.182. The van der Waals surface area contributed by atoms with E-state index in [-0.39, 0.29) is 11.5 Å². The Balaban J connectivity index is 1.82. The number of halogens is 2. The molecule has 1 aromatic carbocycles. The molecule has 1 heterocycles. The van der Waals surface area contributed by atoms with Gasteiger partial charge in [-0.3, -0.25) is 0 Å². The molecule has 1 aliphatic rings. The predicted molar refractivity (Wildman–Crippen MR) is 85.7 cm³/mol. The Morgan fingerprint density at radius 2 is 2.00 bits per heavy atom. The number of hydrogen-bond acceptors (Lipinski definition) is 4. The monoisotopic (exact) mass is 331 g/mol. The number of aliphatic hydroxyl groups excluding tert-OH is 1. The summed E-state index contributed by atoms with van der Waals surface area (Å²) in [5.74, 6) is 0.285. The van der Waals surface area contributed by atoms with Crippen LogP contribution < -0.4 is 4.90 Å². The fourth-order valence-electron chi connectivity index (χ4n) is 2.46. The SMILES string of the molecule is N#Cc1nc(N(CC(O)c2ccc(F)cc2)C2CC2)ccc1Cl. The molecule has 1 atom stereocenters. The van der Waals surface area contributed by atoms with Gasteiger partial charge in [-0.15, -0.1) is 0 Å². The number of pyridine rings is 1. The summed E-state index contributed by atoms with van der Waals surface area (Å²) in [7, 11) is 0. The van der Waals surface area contributed by atoms with Crippen LogP contribution in [0.1, 0.15) is 30.2 Å². The highest BCUT2D eigenvalue weighted by Crippen LogP contribution is 2.33. The van der Waals surface area contributed by atoms with Crippen molar-refractivity contribution in [1.29, 1.82) is 5.26 Å². The molecular formula is C17H15ClFN3O. The van der Waals surface area contributed by atoms with E-state index >= 15 is 0 Å². The Bertz CT molecular complexity index is 740. The van der Waals surface area contributed by atoms with E-state index in [0.717, 1.165) is 12.8 Å². The molecule has 0 amide bonds. The molecule has 0 bridgehead atoms. The highest BCUT2D eigenvalue weighted by atomic mass is 35.5. The maximum atomic E-state index is 13.0. The Morgan fingerprint density at radius 1 is 1.30 bits per heavy atom. The second kappa shape index (κ2) is 6.53. The summed E-state index contributed by atoms with van der Waals surface area (Å²) in [5, 5.41) is 19.8. The molecule has 118 valence electrons. The van der Waals surface area contributed by atoms with Gasteiger partial charge in [0.2, 0.25) is 0 Å². The third-order valence-electron chi connectivity index (χ3n) is 3.84.